The van der Waals surface area contributed by atoms with E-state index in [2.05, 4.69) is 0 Å². The molecule has 3 aromatic rings. The van der Waals surface area contributed by atoms with E-state index < -0.39 is 22.4 Å². The molecule has 10 heteroatoms. The summed E-state index contributed by atoms with van der Waals surface area (Å²) in [4.78, 5) is 25.4. The Balaban J connectivity index is 1.90. The van der Waals surface area contributed by atoms with Crippen molar-refractivity contribution < 1.29 is 22.9 Å². The highest BCUT2D eigenvalue weighted by Crippen LogP contribution is 2.40. The average molecular weight is 481 g/mol. The van der Waals surface area contributed by atoms with Crippen LogP contribution in [0.2, 0.25) is 5.02 Å². The van der Waals surface area contributed by atoms with Crippen LogP contribution >= 0.6 is 23.4 Å². The summed E-state index contributed by atoms with van der Waals surface area (Å²) in [6.45, 7) is 0.277. The maximum Gasteiger partial charge on any atom is 0.416 e. The Hall–Kier alpha value is -3.04. The molecule has 0 bridgehead atoms. The zero-order valence-corrected chi connectivity index (χ0v) is 18.2. The highest BCUT2D eigenvalue weighted by atomic mass is 35.5. The molecule has 0 heterocycles. The molecule has 0 aromatic heterocycles. The Kier molecular flexibility index (Phi) is 7.10. The Morgan fingerprint density at radius 2 is 1.78 bits per heavy atom. The van der Waals surface area contributed by atoms with Gasteiger partial charge in [0.15, 0.2) is 0 Å². The molecular weight excluding hydrogens is 465 g/mol. The summed E-state index contributed by atoms with van der Waals surface area (Å²) >= 11 is 6.85. The molecule has 32 heavy (non-hydrogen) atoms. The number of carbonyl (C=O) groups is 1. The van der Waals surface area contributed by atoms with Gasteiger partial charge in [-0.2, -0.15) is 13.2 Å². The number of halogens is 4. The van der Waals surface area contributed by atoms with Crippen molar-refractivity contribution in [3.8, 4) is 0 Å². The van der Waals surface area contributed by atoms with E-state index in [1.165, 1.54) is 4.90 Å². The Morgan fingerprint density at radius 1 is 1.06 bits per heavy atom. The molecule has 0 N–H and O–H groups in total. The molecule has 166 valence electrons. The topological polar surface area (TPSA) is 63.5 Å². The maximum absolute atomic E-state index is 13.0. The summed E-state index contributed by atoms with van der Waals surface area (Å²) in [5.41, 5.74) is -0.702. The van der Waals surface area contributed by atoms with E-state index in [4.69, 9.17) is 11.6 Å². The fraction of sp³-hybridized carbons (Fsp3) is 0.136. The van der Waals surface area contributed by atoms with Gasteiger partial charge in [-0.15, -0.1) is 0 Å². The lowest BCUT2D eigenvalue weighted by molar-refractivity contribution is -0.388. The number of nitro benzene ring substituents is 1. The molecule has 3 rings (SSSR count). The van der Waals surface area contributed by atoms with Crippen LogP contribution in [-0.4, -0.2) is 22.8 Å². The third-order valence-electron chi connectivity index (χ3n) is 4.48. The number of carbonyl (C=O) groups excluding carboxylic acids is 1. The molecule has 5 nitrogen and oxygen atoms in total. The van der Waals surface area contributed by atoms with Crippen molar-refractivity contribution in [3.63, 3.8) is 0 Å². The van der Waals surface area contributed by atoms with Gasteiger partial charge in [0.25, 0.3) is 11.6 Å². The molecule has 0 aliphatic rings. The fourth-order valence-corrected chi connectivity index (χ4v) is 4.20. The third kappa shape index (κ3) is 5.60. The van der Waals surface area contributed by atoms with Crippen LogP contribution in [0.5, 0.6) is 0 Å². The van der Waals surface area contributed by atoms with Crippen LogP contribution in [-0.2, 0) is 12.7 Å². The second-order valence-electron chi connectivity index (χ2n) is 6.83. The number of alkyl halides is 3. The van der Waals surface area contributed by atoms with Crippen LogP contribution in [0.4, 0.5) is 18.9 Å². The van der Waals surface area contributed by atoms with Gasteiger partial charge < -0.3 is 4.90 Å². The molecule has 3 aromatic carbocycles. The van der Waals surface area contributed by atoms with E-state index in [1.807, 2.05) is 6.07 Å². The van der Waals surface area contributed by atoms with Gasteiger partial charge in [0.1, 0.15) is 0 Å². The quantitative estimate of drug-likeness (QED) is 0.291. The number of hydrogen-bond donors (Lipinski definition) is 0. The van der Waals surface area contributed by atoms with Crippen molar-refractivity contribution in [2.45, 2.75) is 22.5 Å². The summed E-state index contributed by atoms with van der Waals surface area (Å²) in [6.07, 6.45) is -4.70. The first-order chi connectivity index (χ1) is 15.1. The number of hydrogen-bond acceptors (Lipinski definition) is 4. The Morgan fingerprint density at radius 3 is 2.44 bits per heavy atom. The smallest absolute Gasteiger partial charge is 0.337 e. The van der Waals surface area contributed by atoms with Crippen molar-refractivity contribution >= 4 is 35.0 Å². The molecule has 0 saturated carbocycles. The van der Waals surface area contributed by atoms with Crippen molar-refractivity contribution in [2.75, 3.05) is 7.05 Å². The molecular formula is C22H16ClF3N2O3S. The molecule has 0 aliphatic carbocycles. The number of amides is 1. The average Bonchev–Trinajstić information content (AvgIpc) is 2.73. The molecule has 1 amide bonds. The lowest BCUT2D eigenvalue weighted by Crippen LogP contribution is -2.26. The number of benzene rings is 3. The first-order valence-corrected chi connectivity index (χ1v) is 10.4. The predicted octanol–water partition coefficient (Wildman–Crippen LogP) is 6.69. The van der Waals surface area contributed by atoms with Gasteiger partial charge in [0, 0.05) is 29.6 Å². The zero-order valence-electron chi connectivity index (χ0n) is 16.6. The van der Waals surface area contributed by atoms with E-state index in [0.717, 1.165) is 29.5 Å². The first-order valence-electron chi connectivity index (χ1n) is 9.18. The van der Waals surface area contributed by atoms with E-state index in [0.29, 0.717) is 16.0 Å². The van der Waals surface area contributed by atoms with Crippen LogP contribution in [0.3, 0.4) is 0 Å². The van der Waals surface area contributed by atoms with E-state index in [1.54, 1.807) is 49.5 Å². The molecule has 0 spiro atoms. The Labute approximate surface area is 191 Å². The van der Waals surface area contributed by atoms with Crippen molar-refractivity contribution in [2.24, 2.45) is 0 Å². The van der Waals surface area contributed by atoms with Crippen molar-refractivity contribution in [1.82, 2.24) is 4.90 Å². The van der Waals surface area contributed by atoms with Gasteiger partial charge in [-0.25, -0.2) is 0 Å². The lowest BCUT2D eigenvalue weighted by Gasteiger charge is -2.19. The van der Waals surface area contributed by atoms with Crippen LogP contribution in [0.15, 0.2) is 76.5 Å². The number of nitrogens with zero attached hydrogens (tertiary/aromatic N) is 2. The molecule has 0 aliphatic heterocycles. The highest BCUT2D eigenvalue weighted by Gasteiger charge is 2.33. The second kappa shape index (κ2) is 9.62. The lowest BCUT2D eigenvalue weighted by atomic mass is 10.1. The van der Waals surface area contributed by atoms with Gasteiger partial charge in [-0.05, 0) is 42.0 Å². The largest absolute Gasteiger partial charge is 0.416 e. The van der Waals surface area contributed by atoms with Gasteiger partial charge in [-0.3, -0.25) is 14.9 Å². The maximum atomic E-state index is 13.0. The summed E-state index contributed by atoms with van der Waals surface area (Å²) in [5, 5.41) is 11.9. The number of rotatable bonds is 6. The summed E-state index contributed by atoms with van der Waals surface area (Å²) < 4.78 is 38.9. The van der Waals surface area contributed by atoms with Crippen LogP contribution in [0, 0.1) is 10.1 Å². The standard InChI is InChI=1S/C22H16ClF3N2O3S/c1-27(13-14-5-4-6-16(23)11-14)21(29)17-7-2-3-8-19(17)32-20-10-9-15(22(24,25)26)12-18(20)28(30)31/h2-12H,13H2,1H3. The summed E-state index contributed by atoms with van der Waals surface area (Å²) in [6, 6.07) is 15.8. The summed E-state index contributed by atoms with van der Waals surface area (Å²) in [5.74, 6) is -0.345. The van der Waals surface area contributed by atoms with Gasteiger partial charge in [0.05, 0.1) is 20.9 Å². The van der Waals surface area contributed by atoms with E-state index in [9.17, 15) is 28.1 Å². The predicted molar refractivity (Wildman–Crippen MR) is 116 cm³/mol. The molecule has 0 saturated heterocycles. The van der Waals surface area contributed by atoms with Gasteiger partial charge in [-0.1, -0.05) is 47.6 Å². The molecule has 0 fully saturated rings. The van der Waals surface area contributed by atoms with E-state index >= 15 is 0 Å². The summed E-state index contributed by atoms with van der Waals surface area (Å²) in [7, 11) is 1.60. The molecule has 0 unspecified atom stereocenters. The normalized spacial score (nSPS) is 11.3. The minimum absolute atomic E-state index is 0.000689. The monoisotopic (exact) mass is 480 g/mol. The van der Waals surface area contributed by atoms with Crippen LogP contribution in [0.25, 0.3) is 0 Å². The van der Waals surface area contributed by atoms with Crippen molar-refractivity contribution in [3.05, 3.63) is 98.6 Å². The SMILES string of the molecule is CN(Cc1cccc(Cl)c1)C(=O)c1ccccc1Sc1ccc(C(F)(F)F)cc1[N+](=O)[O-]. The van der Waals surface area contributed by atoms with Crippen LogP contribution in [0.1, 0.15) is 21.5 Å². The van der Waals surface area contributed by atoms with Crippen molar-refractivity contribution in [1.29, 1.82) is 0 Å². The molecule has 0 radical (unpaired) electrons. The van der Waals surface area contributed by atoms with Gasteiger partial charge in [0.2, 0.25) is 0 Å². The highest BCUT2D eigenvalue weighted by molar-refractivity contribution is 7.99. The second-order valence-corrected chi connectivity index (χ2v) is 8.35. The minimum atomic E-state index is -4.70. The minimum Gasteiger partial charge on any atom is -0.337 e. The molecule has 0 atom stereocenters. The Bertz CT molecular complexity index is 1170. The van der Waals surface area contributed by atoms with E-state index in [-0.39, 0.29) is 22.9 Å². The first kappa shape index (κ1) is 23.6. The number of nitro groups is 1. The third-order valence-corrected chi connectivity index (χ3v) is 5.85. The fourth-order valence-electron chi connectivity index (χ4n) is 2.96. The van der Waals surface area contributed by atoms with Gasteiger partial charge >= 0.3 is 6.18 Å². The van der Waals surface area contributed by atoms with Crippen LogP contribution < -0.4 is 0 Å². The zero-order chi connectivity index (χ0) is 23.5.